The van der Waals surface area contributed by atoms with Gasteiger partial charge in [0.15, 0.2) is 0 Å². The van der Waals surface area contributed by atoms with E-state index in [0.29, 0.717) is 0 Å². The smallest absolute Gasteiger partial charge is 0.0201 e. The van der Waals surface area contributed by atoms with E-state index in [0.717, 1.165) is 11.8 Å². The molecule has 0 aromatic carbocycles. The van der Waals surface area contributed by atoms with Crippen LogP contribution in [0.1, 0.15) is 105 Å². The van der Waals surface area contributed by atoms with Gasteiger partial charge >= 0.3 is 0 Å². The van der Waals surface area contributed by atoms with Crippen molar-refractivity contribution in [2.75, 3.05) is 0 Å². The summed E-state index contributed by atoms with van der Waals surface area (Å²) in [6.45, 7) is 9.52. The molecule has 0 radical (unpaired) electrons. The molecule has 0 bridgehead atoms. The molecule has 0 nitrogen and oxygen atoms in total. The zero-order valence-electron chi connectivity index (χ0n) is 14.6. The van der Waals surface area contributed by atoms with E-state index in [1.807, 2.05) is 5.57 Å². The van der Waals surface area contributed by atoms with E-state index in [2.05, 4.69) is 27.7 Å². The summed E-state index contributed by atoms with van der Waals surface area (Å²) in [4.78, 5) is 0. The van der Waals surface area contributed by atoms with Crippen LogP contribution in [0.2, 0.25) is 0 Å². The Kier molecular flexibility index (Phi) is 9.31. The Hall–Kier alpha value is -0.260. The van der Waals surface area contributed by atoms with Crippen LogP contribution in [0, 0.1) is 11.8 Å². The Balaban J connectivity index is 2.64. The summed E-state index contributed by atoms with van der Waals surface area (Å²) < 4.78 is 0. The van der Waals surface area contributed by atoms with Crippen molar-refractivity contribution in [2.45, 2.75) is 105 Å². The Morgan fingerprint density at radius 3 is 2.15 bits per heavy atom. The van der Waals surface area contributed by atoms with Gasteiger partial charge in [0.25, 0.3) is 0 Å². The largest absolute Gasteiger partial charge is 0.0736 e. The average molecular weight is 279 g/mol. The normalized spacial score (nSPS) is 20.6. The lowest BCUT2D eigenvalue weighted by atomic mass is 9.83. The van der Waals surface area contributed by atoms with Crippen LogP contribution in [0.25, 0.3) is 0 Å². The molecule has 0 heterocycles. The quantitative estimate of drug-likeness (QED) is 0.307. The van der Waals surface area contributed by atoms with Crippen LogP contribution in [0.15, 0.2) is 11.1 Å². The zero-order chi connectivity index (χ0) is 14.8. The average Bonchev–Trinajstić information content (AvgIpc) is 2.58. The third-order valence-corrected chi connectivity index (χ3v) is 5.15. The summed E-state index contributed by atoms with van der Waals surface area (Å²) in [5.74, 6) is 1.83. The van der Waals surface area contributed by atoms with Crippen molar-refractivity contribution in [3.63, 3.8) is 0 Å². The first-order chi connectivity index (χ1) is 9.69. The number of hydrogen-bond donors (Lipinski definition) is 0. The summed E-state index contributed by atoms with van der Waals surface area (Å²) in [6, 6.07) is 0. The molecule has 0 amide bonds. The molecule has 0 aliphatic heterocycles. The van der Waals surface area contributed by atoms with E-state index in [9.17, 15) is 0 Å². The molecule has 1 aliphatic rings. The number of allylic oxidation sites excluding steroid dienone is 2. The van der Waals surface area contributed by atoms with E-state index in [1.54, 1.807) is 5.57 Å². The van der Waals surface area contributed by atoms with Crippen LogP contribution in [-0.2, 0) is 0 Å². The second-order valence-electron chi connectivity index (χ2n) is 7.20. The summed E-state index contributed by atoms with van der Waals surface area (Å²) >= 11 is 0. The molecular weight excluding hydrogens is 240 g/mol. The van der Waals surface area contributed by atoms with E-state index < -0.39 is 0 Å². The van der Waals surface area contributed by atoms with E-state index >= 15 is 0 Å². The summed E-state index contributed by atoms with van der Waals surface area (Å²) in [5, 5.41) is 0. The first kappa shape index (κ1) is 17.8. The number of unbranched alkanes of at least 4 members (excludes halogenated alkanes) is 4. The summed E-state index contributed by atoms with van der Waals surface area (Å²) in [5.41, 5.74) is 3.63. The number of hydrogen-bond acceptors (Lipinski definition) is 0. The van der Waals surface area contributed by atoms with Gasteiger partial charge in [0, 0.05) is 0 Å². The van der Waals surface area contributed by atoms with E-state index in [1.165, 1.54) is 77.0 Å². The Labute approximate surface area is 128 Å². The molecule has 0 aromatic heterocycles. The van der Waals surface area contributed by atoms with Gasteiger partial charge in [0.2, 0.25) is 0 Å². The standard InChI is InChI=1S/C20H38/c1-5-7-9-13-19(14-10-8-6-2)20-15-11-12-17(3)16-18(20)4/h17,19H,5-16H2,1-4H3. The minimum absolute atomic E-state index is 0.915. The number of rotatable bonds is 9. The first-order valence-corrected chi connectivity index (χ1v) is 9.37. The van der Waals surface area contributed by atoms with Crippen LogP contribution in [0.4, 0.5) is 0 Å². The molecule has 0 N–H and O–H groups in total. The molecule has 0 heteroatoms. The first-order valence-electron chi connectivity index (χ1n) is 9.37. The van der Waals surface area contributed by atoms with Gasteiger partial charge in [0.05, 0.1) is 0 Å². The lowest BCUT2D eigenvalue weighted by molar-refractivity contribution is 0.446. The second kappa shape index (κ2) is 10.5. The Morgan fingerprint density at radius 1 is 1.00 bits per heavy atom. The van der Waals surface area contributed by atoms with Gasteiger partial charge in [-0.15, -0.1) is 0 Å². The van der Waals surface area contributed by atoms with Crippen LogP contribution < -0.4 is 0 Å². The van der Waals surface area contributed by atoms with Crippen molar-refractivity contribution in [1.82, 2.24) is 0 Å². The molecule has 0 spiro atoms. The van der Waals surface area contributed by atoms with Crippen LogP contribution in [0.5, 0.6) is 0 Å². The van der Waals surface area contributed by atoms with Crippen LogP contribution >= 0.6 is 0 Å². The van der Waals surface area contributed by atoms with Crippen LogP contribution in [0.3, 0.4) is 0 Å². The van der Waals surface area contributed by atoms with E-state index in [-0.39, 0.29) is 0 Å². The predicted molar refractivity (Wildman–Crippen MR) is 92.1 cm³/mol. The SMILES string of the molecule is CCCCCC(CCCCC)C1=C(C)CC(C)CCC1. The minimum atomic E-state index is 0.915. The van der Waals surface area contributed by atoms with Gasteiger partial charge in [-0.25, -0.2) is 0 Å². The second-order valence-corrected chi connectivity index (χ2v) is 7.20. The molecule has 118 valence electrons. The molecule has 1 aliphatic carbocycles. The third-order valence-electron chi connectivity index (χ3n) is 5.15. The molecule has 0 saturated carbocycles. The predicted octanol–water partition coefficient (Wildman–Crippen LogP) is 7.29. The molecule has 1 atom stereocenters. The third kappa shape index (κ3) is 6.46. The highest BCUT2D eigenvalue weighted by Gasteiger charge is 2.20. The van der Waals surface area contributed by atoms with Gasteiger partial charge in [-0.1, -0.05) is 76.9 Å². The fraction of sp³-hybridized carbons (Fsp3) is 0.900. The highest BCUT2D eigenvalue weighted by molar-refractivity contribution is 5.17. The maximum atomic E-state index is 2.44. The minimum Gasteiger partial charge on any atom is -0.0736 e. The van der Waals surface area contributed by atoms with Gasteiger partial charge < -0.3 is 0 Å². The topological polar surface area (TPSA) is 0 Å². The highest BCUT2D eigenvalue weighted by Crippen LogP contribution is 2.36. The Bertz CT molecular complexity index is 264. The highest BCUT2D eigenvalue weighted by atomic mass is 14.3. The van der Waals surface area contributed by atoms with Crippen molar-refractivity contribution in [3.8, 4) is 0 Å². The molecule has 0 fully saturated rings. The molecule has 1 rings (SSSR count). The maximum absolute atomic E-state index is 2.44. The zero-order valence-corrected chi connectivity index (χ0v) is 14.6. The van der Waals surface area contributed by atoms with E-state index in [4.69, 9.17) is 0 Å². The monoisotopic (exact) mass is 278 g/mol. The summed E-state index contributed by atoms with van der Waals surface area (Å²) in [7, 11) is 0. The molecule has 0 saturated heterocycles. The van der Waals surface area contributed by atoms with Gasteiger partial charge in [-0.2, -0.15) is 0 Å². The van der Waals surface area contributed by atoms with Gasteiger partial charge in [-0.3, -0.25) is 0 Å². The van der Waals surface area contributed by atoms with Crippen LogP contribution in [-0.4, -0.2) is 0 Å². The van der Waals surface area contributed by atoms with Crippen molar-refractivity contribution in [1.29, 1.82) is 0 Å². The molecule has 20 heavy (non-hydrogen) atoms. The fourth-order valence-corrected chi connectivity index (χ4v) is 3.94. The van der Waals surface area contributed by atoms with Crippen molar-refractivity contribution in [2.24, 2.45) is 11.8 Å². The summed E-state index contributed by atoms with van der Waals surface area (Å²) in [6.07, 6.45) is 17.0. The van der Waals surface area contributed by atoms with Crippen molar-refractivity contribution in [3.05, 3.63) is 11.1 Å². The maximum Gasteiger partial charge on any atom is -0.0201 e. The lowest BCUT2D eigenvalue weighted by Crippen LogP contribution is -2.07. The van der Waals surface area contributed by atoms with Gasteiger partial charge in [-0.05, 0) is 50.9 Å². The molecule has 0 aromatic rings. The van der Waals surface area contributed by atoms with Crippen molar-refractivity contribution < 1.29 is 0 Å². The van der Waals surface area contributed by atoms with Gasteiger partial charge in [0.1, 0.15) is 0 Å². The molecule has 1 unspecified atom stereocenters. The van der Waals surface area contributed by atoms with Crippen molar-refractivity contribution >= 4 is 0 Å². The Morgan fingerprint density at radius 2 is 1.60 bits per heavy atom. The molecular formula is C20H38. The fourth-order valence-electron chi connectivity index (χ4n) is 3.94. The lowest BCUT2D eigenvalue weighted by Gasteiger charge is -2.22.